The van der Waals surface area contributed by atoms with Crippen LogP contribution < -0.4 is 0 Å². The van der Waals surface area contributed by atoms with Gasteiger partial charge in [-0.25, -0.2) is 9.50 Å². The molecule has 2 heterocycles. The molecule has 0 aliphatic heterocycles. The van der Waals surface area contributed by atoms with Crippen molar-refractivity contribution in [2.75, 3.05) is 0 Å². The van der Waals surface area contributed by atoms with E-state index in [2.05, 4.69) is 16.7 Å². The summed E-state index contributed by atoms with van der Waals surface area (Å²) in [5.41, 5.74) is 1.28. The summed E-state index contributed by atoms with van der Waals surface area (Å²) >= 11 is 0. The van der Waals surface area contributed by atoms with E-state index >= 15 is 0 Å². The van der Waals surface area contributed by atoms with Crippen LogP contribution in [0.15, 0.2) is 37.2 Å². The Morgan fingerprint density at radius 3 is 3.15 bits per heavy atom. The number of fused-ring (bicyclic) bond motifs is 1. The molecule has 0 saturated heterocycles. The quantitative estimate of drug-likeness (QED) is 0.691. The van der Waals surface area contributed by atoms with E-state index in [1.165, 1.54) is 6.08 Å². The largest absolute Gasteiger partial charge is 0.383 e. The Kier molecular flexibility index (Phi) is 1.83. The van der Waals surface area contributed by atoms with Gasteiger partial charge in [0, 0.05) is 18.5 Å². The standard InChI is InChI=1S/C9H9N3O/c1-2-8(13)7-6-9-10-4-3-5-12(9)11-7/h2-6,8,13H,1H2. The van der Waals surface area contributed by atoms with E-state index < -0.39 is 6.10 Å². The molecule has 1 unspecified atom stereocenters. The zero-order valence-corrected chi connectivity index (χ0v) is 6.96. The summed E-state index contributed by atoms with van der Waals surface area (Å²) in [4.78, 5) is 4.07. The predicted octanol–water partition coefficient (Wildman–Crippen LogP) is 0.949. The first-order valence-electron chi connectivity index (χ1n) is 3.92. The molecule has 2 aromatic heterocycles. The van der Waals surface area contributed by atoms with Crippen molar-refractivity contribution < 1.29 is 5.11 Å². The zero-order chi connectivity index (χ0) is 9.26. The number of aliphatic hydroxyl groups excluding tert-OH is 1. The molecule has 2 aromatic rings. The van der Waals surface area contributed by atoms with Gasteiger partial charge < -0.3 is 5.11 Å². The van der Waals surface area contributed by atoms with Gasteiger partial charge in [-0.3, -0.25) is 0 Å². The van der Waals surface area contributed by atoms with Crippen molar-refractivity contribution in [1.82, 2.24) is 14.6 Å². The van der Waals surface area contributed by atoms with Crippen LogP contribution >= 0.6 is 0 Å². The van der Waals surface area contributed by atoms with Crippen LogP contribution in [-0.4, -0.2) is 19.7 Å². The highest BCUT2D eigenvalue weighted by Crippen LogP contribution is 2.12. The van der Waals surface area contributed by atoms with E-state index in [1.807, 2.05) is 0 Å². The second kappa shape index (κ2) is 2.99. The Hall–Kier alpha value is -1.68. The summed E-state index contributed by atoms with van der Waals surface area (Å²) in [5, 5.41) is 13.5. The van der Waals surface area contributed by atoms with Gasteiger partial charge >= 0.3 is 0 Å². The first-order valence-corrected chi connectivity index (χ1v) is 3.92. The van der Waals surface area contributed by atoms with Crippen molar-refractivity contribution in [1.29, 1.82) is 0 Å². The average Bonchev–Trinajstić information content (AvgIpc) is 2.59. The van der Waals surface area contributed by atoms with Crippen LogP contribution in [0.25, 0.3) is 5.65 Å². The maximum atomic E-state index is 9.41. The minimum absolute atomic E-state index is 0.564. The highest BCUT2D eigenvalue weighted by atomic mass is 16.3. The Morgan fingerprint density at radius 2 is 2.46 bits per heavy atom. The second-order valence-electron chi connectivity index (χ2n) is 2.67. The van der Waals surface area contributed by atoms with E-state index in [-0.39, 0.29) is 0 Å². The number of rotatable bonds is 2. The third-order valence-corrected chi connectivity index (χ3v) is 1.78. The van der Waals surface area contributed by atoms with Gasteiger partial charge in [0.25, 0.3) is 0 Å². The SMILES string of the molecule is C=CC(O)c1cc2ncccn2n1. The highest BCUT2D eigenvalue weighted by Gasteiger charge is 2.07. The third-order valence-electron chi connectivity index (χ3n) is 1.78. The van der Waals surface area contributed by atoms with Crippen LogP contribution in [0.4, 0.5) is 0 Å². The molecule has 0 saturated carbocycles. The summed E-state index contributed by atoms with van der Waals surface area (Å²) in [6, 6.07) is 3.51. The molecule has 1 atom stereocenters. The highest BCUT2D eigenvalue weighted by molar-refractivity contribution is 5.39. The van der Waals surface area contributed by atoms with Crippen LogP contribution in [-0.2, 0) is 0 Å². The van der Waals surface area contributed by atoms with Gasteiger partial charge in [-0.05, 0) is 6.07 Å². The lowest BCUT2D eigenvalue weighted by molar-refractivity contribution is 0.223. The lowest BCUT2D eigenvalue weighted by Gasteiger charge is -1.96. The zero-order valence-electron chi connectivity index (χ0n) is 6.96. The molecule has 0 aromatic carbocycles. The summed E-state index contributed by atoms with van der Waals surface area (Å²) < 4.78 is 1.61. The van der Waals surface area contributed by atoms with Crippen molar-refractivity contribution in [3.63, 3.8) is 0 Å². The minimum atomic E-state index is -0.721. The molecule has 0 aliphatic carbocycles. The normalized spacial score (nSPS) is 13.0. The van der Waals surface area contributed by atoms with E-state index in [9.17, 15) is 5.11 Å². The molecular formula is C9H9N3O. The van der Waals surface area contributed by atoms with E-state index in [1.54, 1.807) is 29.0 Å². The van der Waals surface area contributed by atoms with E-state index in [4.69, 9.17) is 0 Å². The Labute approximate surface area is 75.2 Å². The monoisotopic (exact) mass is 175 g/mol. The van der Waals surface area contributed by atoms with Crippen LogP contribution in [0.2, 0.25) is 0 Å². The van der Waals surface area contributed by atoms with Crippen molar-refractivity contribution in [3.8, 4) is 0 Å². The molecule has 0 spiro atoms. The van der Waals surface area contributed by atoms with Gasteiger partial charge in [0.1, 0.15) is 6.10 Å². The van der Waals surface area contributed by atoms with Crippen molar-refractivity contribution in [2.45, 2.75) is 6.10 Å². The van der Waals surface area contributed by atoms with Gasteiger partial charge in [0.05, 0.1) is 5.69 Å². The van der Waals surface area contributed by atoms with Crippen LogP contribution in [0.3, 0.4) is 0 Å². The van der Waals surface area contributed by atoms with Crippen molar-refractivity contribution >= 4 is 5.65 Å². The third kappa shape index (κ3) is 1.31. The minimum Gasteiger partial charge on any atom is -0.383 e. The fraction of sp³-hybridized carbons (Fsp3) is 0.111. The molecule has 0 amide bonds. The smallest absolute Gasteiger partial charge is 0.155 e. The first-order chi connectivity index (χ1) is 6.31. The lowest BCUT2D eigenvalue weighted by atomic mass is 10.2. The van der Waals surface area contributed by atoms with Crippen molar-refractivity contribution in [3.05, 3.63) is 42.9 Å². The molecule has 0 radical (unpaired) electrons. The molecular weight excluding hydrogens is 166 g/mol. The number of hydrogen-bond donors (Lipinski definition) is 1. The fourth-order valence-electron chi connectivity index (χ4n) is 1.11. The summed E-state index contributed by atoms with van der Waals surface area (Å²) in [6.45, 7) is 3.49. The molecule has 0 bridgehead atoms. The summed E-state index contributed by atoms with van der Waals surface area (Å²) in [6.07, 6.45) is 4.17. The second-order valence-corrected chi connectivity index (χ2v) is 2.67. The van der Waals surface area contributed by atoms with Crippen LogP contribution in [0, 0.1) is 0 Å². The van der Waals surface area contributed by atoms with Crippen molar-refractivity contribution in [2.24, 2.45) is 0 Å². The van der Waals surface area contributed by atoms with E-state index in [0.29, 0.717) is 5.69 Å². The first kappa shape index (κ1) is 7.94. The van der Waals surface area contributed by atoms with Crippen LogP contribution in [0.1, 0.15) is 11.8 Å². The number of nitrogens with zero attached hydrogens (tertiary/aromatic N) is 3. The predicted molar refractivity (Wildman–Crippen MR) is 48.1 cm³/mol. The number of aliphatic hydroxyl groups is 1. The lowest BCUT2D eigenvalue weighted by Crippen LogP contribution is -1.94. The Bertz CT molecular complexity index is 402. The Balaban J connectivity index is 2.55. The molecule has 0 aliphatic rings. The van der Waals surface area contributed by atoms with Crippen LogP contribution in [0.5, 0.6) is 0 Å². The number of hydrogen-bond acceptors (Lipinski definition) is 3. The topological polar surface area (TPSA) is 50.4 Å². The molecule has 4 nitrogen and oxygen atoms in total. The summed E-state index contributed by atoms with van der Waals surface area (Å²) in [7, 11) is 0. The van der Waals surface area contributed by atoms with Gasteiger partial charge in [0.2, 0.25) is 0 Å². The van der Waals surface area contributed by atoms with Gasteiger partial charge in [0.15, 0.2) is 5.65 Å². The average molecular weight is 175 g/mol. The van der Waals surface area contributed by atoms with Gasteiger partial charge in [-0.1, -0.05) is 6.08 Å². The summed E-state index contributed by atoms with van der Waals surface area (Å²) in [5.74, 6) is 0. The molecule has 66 valence electrons. The van der Waals surface area contributed by atoms with Gasteiger partial charge in [-0.15, -0.1) is 6.58 Å². The molecule has 13 heavy (non-hydrogen) atoms. The molecule has 1 N–H and O–H groups in total. The number of aromatic nitrogens is 3. The Morgan fingerprint density at radius 1 is 1.62 bits per heavy atom. The molecule has 4 heteroatoms. The maximum absolute atomic E-state index is 9.41. The maximum Gasteiger partial charge on any atom is 0.155 e. The molecule has 2 rings (SSSR count). The van der Waals surface area contributed by atoms with Gasteiger partial charge in [-0.2, -0.15) is 5.10 Å². The molecule has 0 fully saturated rings. The fourth-order valence-corrected chi connectivity index (χ4v) is 1.11. The van der Waals surface area contributed by atoms with E-state index in [0.717, 1.165) is 5.65 Å².